The molecule has 3 N–H and O–H groups in total. The Kier molecular flexibility index (Phi) is 5.41. The first kappa shape index (κ1) is 20.5. The molecule has 0 aliphatic carbocycles. The number of nitrogens with two attached hydrogens (primary N) is 1. The van der Waals surface area contributed by atoms with E-state index in [-0.39, 0.29) is 17.9 Å². The number of imidazole rings is 1. The number of benzene rings is 1. The molecule has 0 saturated heterocycles. The molecule has 1 aliphatic rings. The number of aryl methyl sites for hydroxylation is 1. The molecule has 0 bridgehead atoms. The van der Waals surface area contributed by atoms with E-state index in [1.165, 1.54) is 25.4 Å². The van der Waals surface area contributed by atoms with Gasteiger partial charge < -0.3 is 20.4 Å². The number of allylic oxidation sites excluding steroid dienone is 1. The van der Waals surface area contributed by atoms with Crippen LogP contribution in [0.4, 0.5) is 20.3 Å². The summed E-state index contributed by atoms with van der Waals surface area (Å²) in [5.41, 5.74) is 8.28. The van der Waals surface area contributed by atoms with E-state index in [0.717, 1.165) is 5.56 Å². The van der Waals surface area contributed by atoms with E-state index < -0.39 is 29.7 Å². The van der Waals surface area contributed by atoms with Crippen molar-refractivity contribution >= 4 is 23.0 Å². The summed E-state index contributed by atoms with van der Waals surface area (Å²) in [5, 5.41) is 3.09. The zero-order valence-electron chi connectivity index (χ0n) is 17.0. The zero-order chi connectivity index (χ0) is 22.1. The molecular formula is C22H21F2N5O2. The van der Waals surface area contributed by atoms with Gasteiger partial charge in [-0.2, -0.15) is 0 Å². The Morgan fingerprint density at radius 1 is 1.32 bits per heavy atom. The number of pyridine rings is 1. The van der Waals surface area contributed by atoms with Gasteiger partial charge >= 0.3 is 5.97 Å². The maximum Gasteiger partial charge on any atom is 0.316 e. The second kappa shape index (κ2) is 8.17. The number of halogens is 2. The molecule has 0 spiro atoms. The SMILES string of the molecule is COC(=O)C1C=C(Cc2ccnc(N)c2F)c2cncn2C1Nc1ccc(C)cc1F. The van der Waals surface area contributed by atoms with E-state index in [1.54, 1.807) is 42.2 Å². The number of fused-ring (bicyclic) bond motifs is 1. The highest BCUT2D eigenvalue weighted by Crippen LogP contribution is 2.36. The Morgan fingerprint density at radius 3 is 2.87 bits per heavy atom. The van der Waals surface area contributed by atoms with Gasteiger partial charge in [-0.3, -0.25) is 4.79 Å². The highest BCUT2D eigenvalue weighted by Gasteiger charge is 2.35. The Morgan fingerprint density at radius 2 is 2.13 bits per heavy atom. The van der Waals surface area contributed by atoms with Crippen LogP contribution in [0.3, 0.4) is 0 Å². The summed E-state index contributed by atoms with van der Waals surface area (Å²) >= 11 is 0. The van der Waals surface area contributed by atoms with Crippen LogP contribution in [0.2, 0.25) is 0 Å². The van der Waals surface area contributed by atoms with Gasteiger partial charge in [-0.25, -0.2) is 18.7 Å². The smallest absolute Gasteiger partial charge is 0.316 e. The third kappa shape index (κ3) is 3.86. The fraction of sp³-hybridized carbons (Fsp3) is 0.227. The number of nitrogen functional groups attached to an aromatic ring is 1. The van der Waals surface area contributed by atoms with Gasteiger partial charge in [0.15, 0.2) is 11.6 Å². The van der Waals surface area contributed by atoms with E-state index in [4.69, 9.17) is 10.5 Å². The normalized spacial score (nSPS) is 17.6. The molecule has 2 aromatic heterocycles. The van der Waals surface area contributed by atoms with Gasteiger partial charge in [0.1, 0.15) is 17.9 Å². The molecule has 0 radical (unpaired) electrons. The number of carbonyl (C=O) groups is 1. The average molecular weight is 425 g/mol. The van der Waals surface area contributed by atoms with Crippen LogP contribution in [0, 0.1) is 24.5 Å². The van der Waals surface area contributed by atoms with Crippen LogP contribution in [-0.4, -0.2) is 27.6 Å². The number of methoxy groups -OCH3 is 1. The standard InChI is InChI=1S/C22H21F2N5O2/c1-12-3-4-17(16(23)7-12)28-21-15(22(30)31-2)9-14(18-10-26-11-29(18)21)8-13-5-6-27-20(25)19(13)24/h3-7,9-11,15,21,28H,8H2,1-2H3,(H2,25,27). The number of nitrogens with one attached hydrogen (secondary N) is 1. The molecule has 1 aliphatic heterocycles. The minimum atomic E-state index is -0.801. The Hall–Kier alpha value is -3.75. The fourth-order valence-electron chi connectivity index (χ4n) is 3.72. The number of esters is 1. The third-order valence-electron chi connectivity index (χ3n) is 5.29. The maximum atomic E-state index is 14.5. The number of carbonyl (C=O) groups excluding carboxylic acids is 1. The van der Waals surface area contributed by atoms with E-state index in [0.29, 0.717) is 16.8 Å². The lowest BCUT2D eigenvalue weighted by Crippen LogP contribution is -2.35. The quantitative estimate of drug-likeness (QED) is 0.608. The van der Waals surface area contributed by atoms with Crippen LogP contribution in [-0.2, 0) is 16.0 Å². The number of hydrogen-bond acceptors (Lipinski definition) is 6. The number of ether oxygens (including phenoxy) is 1. The number of hydrogen-bond donors (Lipinski definition) is 2. The molecule has 1 aromatic carbocycles. The van der Waals surface area contributed by atoms with E-state index in [2.05, 4.69) is 15.3 Å². The maximum absolute atomic E-state index is 14.5. The third-order valence-corrected chi connectivity index (χ3v) is 5.29. The van der Waals surface area contributed by atoms with Crippen LogP contribution in [0.5, 0.6) is 0 Å². The van der Waals surface area contributed by atoms with E-state index in [1.807, 2.05) is 0 Å². The van der Waals surface area contributed by atoms with Gasteiger partial charge in [0.05, 0.1) is 31.0 Å². The second-order valence-electron chi connectivity index (χ2n) is 7.35. The monoisotopic (exact) mass is 425 g/mol. The zero-order valence-corrected chi connectivity index (χ0v) is 17.0. The molecule has 0 fully saturated rings. The van der Waals surface area contributed by atoms with Crippen molar-refractivity contribution in [2.45, 2.75) is 19.5 Å². The van der Waals surface area contributed by atoms with Crippen molar-refractivity contribution in [1.82, 2.24) is 14.5 Å². The van der Waals surface area contributed by atoms with Crippen LogP contribution in [0.15, 0.2) is 49.1 Å². The van der Waals surface area contributed by atoms with Crippen LogP contribution in [0.1, 0.15) is 23.0 Å². The summed E-state index contributed by atoms with van der Waals surface area (Å²) in [7, 11) is 1.28. The minimum Gasteiger partial charge on any atom is -0.468 e. The molecule has 4 rings (SSSR count). The molecule has 31 heavy (non-hydrogen) atoms. The Bertz CT molecular complexity index is 1170. The number of rotatable bonds is 5. The molecule has 2 atom stereocenters. The predicted octanol–water partition coefficient (Wildman–Crippen LogP) is 3.49. The average Bonchev–Trinajstić information content (AvgIpc) is 3.24. The number of aromatic nitrogens is 3. The summed E-state index contributed by atoms with van der Waals surface area (Å²) in [6.07, 6.45) is 5.77. The van der Waals surface area contributed by atoms with Gasteiger partial charge in [0.2, 0.25) is 0 Å². The molecule has 0 saturated carbocycles. The number of nitrogens with zero attached hydrogens (tertiary/aromatic N) is 3. The van der Waals surface area contributed by atoms with E-state index in [9.17, 15) is 13.6 Å². The first-order valence-electron chi connectivity index (χ1n) is 9.61. The van der Waals surface area contributed by atoms with Gasteiger partial charge in [0.25, 0.3) is 0 Å². The molecule has 0 amide bonds. The minimum absolute atomic E-state index is 0.170. The first-order valence-corrected chi connectivity index (χ1v) is 9.61. The van der Waals surface area contributed by atoms with Crippen LogP contribution in [0.25, 0.3) is 5.57 Å². The summed E-state index contributed by atoms with van der Waals surface area (Å²) in [6, 6.07) is 6.33. The fourth-order valence-corrected chi connectivity index (χ4v) is 3.72. The molecule has 160 valence electrons. The van der Waals surface area contributed by atoms with Crippen molar-refractivity contribution in [3.8, 4) is 0 Å². The lowest BCUT2D eigenvalue weighted by molar-refractivity contribution is -0.144. The topological polar surface area (TPSA) is 95.1 Å². The molecule has 7 nitrogen and oxygen atoms in total. The summed E-state index contributed by atoms with van der Waals surface area (Å²) < 4.78 is 35.6. The number of anilines is 2. The van der Waals surface area contributed by atoms with Gasteiger partial charge in [-0.05, 0) is 41.8 Å². The highest BCUT2D eigenvalue weighted by atomic mass is 19.1. The molecular weight excluding hydrogens is 404 g/mol. The Balaban J connectivity index is 1.75. The van der Waals surface area contributed by atoms with Gasteiger partial charge in [-0.15, -0.1) is 0 Å². The summed E-state index contributed by atoms with van der Waals surface area (Å²) in [5.74, 6) is -2.55. The second-order valence-corrected chi connectivity index (χ2v) is 7.35. The predicted molar refractivity (Wildman–Crippen MR) is 112 cm³/mol. The molecule has 9 heteroatoms. The summed E-state index contributed by atoms with van der Waals surface area (Å²) in [4.78, 5) is 20.6. The Labute approximate surface area is 177 Å². The lowest BCUT2D eigenvalue weighted by atomic mass is 9.92. The van der Waals surface area contributed by atoms with Crippen molar-refractivity contribution in [2.24, 2.45) is 5.92 Å². The molecule has 3 aromatic rings. The van der Waals surface area contributed by atoms with Crippen LogP contribution < -0.4 is 11.1 Å². The van der Waals surface area contributed by atoms with Crippen molar-refractivity contribution in [2.75, 3.05) is 18.2 Å². The largest absolute Gasteiger partial charge is 0.468 e. The lowest BCUT2D eigenvalue weighted by Gasteiger charge is -2.32. The van der Waals surface area contributed by atoms with Crippen molar-refractivity contribution in [3.05, 3.63) is 77.5 Å². The first-order chi connectivity index (χ1) is 14.9. The van der Waals surface area contributed by atoms with Gasteiger partial charge in [0, 0.05) is 12.6 Å². The molecule has 3 heterocycles. The van der Waals surface area contributed by atoms with Crippen molar-refractivity contribution in [1.29, 1.82) is 0 Å². The van der Waals surface area contributed by atoms with Crippen LogP contribution >= 0.6 is 0 Å². The van der Waals surface area contributed by atoms with Crippen molar-refractivity contribution in [3.63, 3.8) is 0 Å². The van der Waals surface area contributed by atoms with E-state index >= 15 is 0 Å². The summed E-state index contributed by atoms with van der Waals surface area (Å²) in [6.45, 7) is 1.79. The highest BCUT2D eigenvalue weighted by molar-refractivity contribution is 5.81. The van der Waals surface area contributed by atoms with Crippen molar-refractivity contribution < 1.29 is 18.3 Å². The van der Waals surface area contributed by atoms with Gasteiger partial charge in [-0.1, -0.05) is 12.1 Å². The molecule has 2 unspecified atom stereocenters.